The third-order valence-corrected chi connectivity index (χ3v) is 10.7. The first kappa shape index (κ1) is 37.1. The Morgan fingerprint density at radius 1 is 0.860 bits per heavy atom. The summed E-state index contributed by atoms with van der Waals surface area (Å²) >= 11 is 2.65. The summed E-state index contributed by atoms with van der Waals surface area (Å²) < 4.78 is 0. The lowest BCUT2D eigenvalue weighted by Crippen LogP contribution is -2.36. The molecule has 2 aliphatic rings. The van der Waals surface area contributed by atoms with Crippen LogP contribution in [0.3, 0.4) is 0 Å². The fraction of sp³-hybridized carbons (Fsp3) is 0.528. The van der Waals surface area contributed by atoms with Crippen molar-refractivity contribution in [2.45, 2.75) is 83.7 Å². The smallest absolute Gasteiger partial charge is 0.271 e. The van der Waals surface area contributed by atoms with Gasteiger partial charge in [-0.05, 0) is 50.0 Å². The second-order valence-electron chi connectivity index (χ2n) is 13.3. The van der Waals surface area contributed by atoms with Crippen molar-refractivity contribution in [1.29, 1.82) is 0 Å². The maximum Gasteiger partial charge on any atom is 0.271 e. The van der Waals surface area contributed by atoms with Crippen LogP contribution in [-0.2, 0) is 20.8 Å². The lowest BCUT2D eigenvalue weighted by Gasteiger charge is -2.24. The van der Waals surface area contributed by atoms with Crippen LogP contribution < -0.4 is 16.0 Å². The molecule has 0 spiro atoms. The molecule has 5 amide bonds. The standard InChI is InChI=1S/C36H47N7O5S2/c1-24(2)20-26-35-41-29(23-50-35)34(48)39-27(21-25-10-4-3-5-11-25)36-40-28(22-49-36)33(47)37-15-9-19-43(16-6-12-30(44)38-26)32(46)14-8-18-42-17-7-13-31(42)45/h3-5,10-11,22-24,26-27H,6-9,12-21H2,1-2H3,(H,37,47)(H,38,44)(H,39,48)/t26-,27-/m0/s1. The number of hydrogen-bond donors (Lipinski definition) is 3. The van der Waals surface area contributed by atoms with Gasteiger partial charge in [0.05, 0.1) is 12.1 Å². The molecule has 0 radical (unpaired) electrons. The Labute approximate surface area is 301 Å². The number of fused-ring (bicyclic) bond motifs is 4. The first-order valence-electron chi connectivity index (χ1n) is 17.5. The Balaban J connectivity index is 1.34. The van der Waals surface area contributed by atoms with Crippen molar-refractivity contribution in [3.8, 4) is 0 Å². The second-order valence-corrected chi connectivity index (χ2v) is 15.1. The van der Waals surface area contributed by atoms with Gasteiger partial charge in [0.15, 0.2) is 0 Å². The molecule has 2 aliphatic heterocycles. The van der Waals surface area contributed by atoms with Crippen molar-refractivity contribution >= 4 is 52.2 Å². The third-order valence-electron chi connectivity index (χ3n) is 8.80. The van der Waals surface area contributed by atoms with Gasteiger partial charge in [-0.3, -0.25) is 24.0 Å². The van der Waals surface area contributed by atoms with Crippen molar-refractivity contribution in [1.82, 2.24) is 35.7 Å². The highest BCUT2D eigenvalue weighted by Gasteiger charge is 2.26. The minimum absolute atomic E-state index is 0.0273. The van der Waals surface area contributed by atoms with Crippen LogP contribution in [0.25, 0.3) is 0 Å². The van der Waals surface area contributed by atoms with Gasteiger partial charge < -0.3 is 25.8 Å². The molecule has 1 fully saturated rings. The third kappa shape index (κ3) is 10.7. The molecule has 3 N–H and O–H groups in total. The average molecular weight is 722 g/mol. The largest absolute Gasteiger partial charge is 0.351 e. The van der Waals surface area contributed by atoms with Crippen molar-refractivity contribution in [2.24, 2.45) is 5.92 Å². The minimum atomic E-state index is -0.495. The van der Waals surface area contributed by atoms with Gasteiger partial charge in [-0.2, -0.15) is 0 Å². The molecule has 4 heterocycles. The highest BCUT2D eigenvalue weighted by Crippen LogP contribution is 2.27. The summed E-state index contributed by atoms with van der Waals surface area (Å²) in [4.78, 5) is 78.1. The Morgan fingerprint density at radius 3 is 2.24 bits per heavy atom. The maximum absolute atomic E-state index is 13.6. The van der Waals surface area contributed by atoms with Crippen molar-refractivity contribution in [2.75, 3.05) is 32.7 Å². The van der Waals surface area contributed by atoms with Gasteiger partial charge in [0.25, 0.3) is 11.8 Å². The van der Waals surface area contributed by atoms with Gasteiger partial charge in [0, 0.05) is 62.7 Å². The zero-order chi connectivity index (χ0) is 35.5. The molecule has 1 saturated heterocycles. The highest BCUT2D eigenvalue weighted by molar-refractivity contribution is 7.10. The van der Waals surface area contributed by atoms with E-state index in [0.717, 1.165) is 18.5 Å². The maximum atomic E-state index is 13.6. The van der Waals surface area contributed by atoms with Gasteiger partial charge >= 0.3 is 0 Å². The van der Waals surface area contributed by atoms with Crippen molar-refractivity contribution in [3.63, 3.8) is 0 Å². The zero-order valence-electron chi connectivity index (χ0n) is 28.8. The Morgan fingerprint density at radius 2 is 1.54 bits per heavy atom. The zero-order valence-corrected chi connectivity index (χ0v) is 30.5. The van der Waals surface area contributed by atoms with Crippen LogP contribution in [0.5, 0.6) is 0 Å². The van der Waals surface area contributed by atoms with E-state index in [-0.39, 0.29) is 59.3 Å². The number of hydrogen-bond acceptors (Lipinski definition) is 9. The number of aromatic nitrogens is 2. The first-order chi connectivity index (χ1) is 24.2. The number of rotatable bonds is 8. The van der Waals surface area contributed by atoms with E-state index in [0.29, 0.717) is 81.1 Å². The molecule has 2 atom stereocenters. The van der Waals surface area contributed by atoms with Gasteiger partial charge in [-0.25, -0.2) is 9.97 Å². The molecule has 14 heteroatoms. The topological polar surface area (TPSA) is 154 Å². The molecule has 3 aromatic rings. The SMILES string of the molecule is CC(C)C[C@@H]1NC(=O)CCCN(C(=O)CCCN2CCCC2=O)CCCNC(=O)c2csc(n2)[C@H](Cc2ccccc2)NC(=O)c2csc1n2. The number of thiazole rings is 2. The lowest BCUT2D eigenvalue weighted by molar-refractivity contribution is -0.133. The number of amides is 5. The monoisotopic (exact) mass is 721 g/mol. The Bertz CT molecular complexity index is 1630. The molecule has 50 heavy (non-hydrogen) atoms. The predicted octanol–water partition coefficient (Wildman–Crippen LogP) is 4.66. The van der Waals surface area contributed by atoms with Crippen LogP contribution in [0.1, 0.15) is 114 Å². The Hall–Kier alpha value is -4.17. The first-order valence-corrected chi connectivity index (χ1v) is 19.3. The van der Waals surface area contributed by atoms with E-state index in [1.807, 2.05) is 35.2 Å². The number of carbonyl (C=O) groups excluding carboxylic acids is 5. The predicted molar refractivity (Wildman–Crippen MR) is 193 cm³/mol. The molecule has 5 rings (SSSR count). The van der Waals surface area contributed by atoms with E-state index >= 15 is 0 Å². The summed E-state index contributed by atoms with van der Waals surface area (Å²) in [6, 6.07) is 8.92. The van der Waals surface area contributed by atoms with Gasteiger partial charge in [0.2, 0.25) is 17.7 Å². The molecule has 1 aromatic carbocycles. The summed E-state index contributed by atoms with van der Waals surface area (Å²) in [7, 11) is 0. The number of benzene rings is 1. The van der Waals surface area contributed by atoms with E-state index < -0.39 is 6.04 Å². The second kappa shape index (κ2) is 18.2. The van der Waals surface area contributed by atoms with Crippen LogP contribution in [0.2, 0.25) is 0 Å². The van der Waals surface area contributed by atoms with Crippen LogP contribution >= 0.6 is 22.7 Å². The summed E-state index contributed by atoms with van der Waals surface area (Å²) in [5.74, 6) is -0.437. The number of nitrogens with one attached hydrogen (secondary N) is 3. The average Bonchev–Trinajstić information content (AvgIpc) is 3.87. The fourth-order valence-corrected chi connectivity index (χ4v) is 7.93. The summed E-state index contributed by atoms with van der Waals surface area (Å²) in [5.41, 5.74) is 1.53. The van der Waals surface area contributed by atoms with E-state index in [1.165, 1.54) is 22.7 Å². The summed E-state index contributed by atoms with van der Waals surface area (Å²) in [6.45, 7) is 6.62. The number of carbonyl (C=O) groups is 5. The number of likely N-dealkylation sites (tertiary alicyclic amines) is 1. The Kier molecular flexibility index (Phi) is 13.5. The molecule has 0 saturated carbocycles. The fourth-order valence-electron chi connectivity index (χ4n) is 6.22. The van der Waals surface area contributed by atoms with E-state index in [9.17, 15) is 24.0 Å². The molecule has 268 valence electrons. The summed E-state index contributed by atoms with van der Waals surface area (Å²) in [6.07, 6.45) is 4.68. The van der Waals surface area contributed by atoms with Crippen molar-refractivity contribution in [3.05, 3.63) is 68.1 Å². The minimum Gasteiger partial charge on any atom is -0.351 e. The lowest BCUT2D eigenvalue weighted by atomic mass is 10.0. The van der Waals surface area contributed by atoms with Gasteiger partial charge in [0.1, 0.15) is 21.4 Å². The molecule has 0 aliphatic carbocycles. The molecular weight excluding hydrogens is 675 g/mol. The molecular formula is C36H47N7O5S2. The summed E-state index contributed by atoms with van der Waals surface area (Å²) in [5, 5.41) is 13.8. The van der Waals surface area contributed by atoms with Crippen LogP contribution in [0, 0.1) is 5.92 Å². The normalized spacial score (nSPS) is 19.9. The van der Waals surface area contributed by atoms with Crippen LogP contribution in [0.4, 0.5) is 0 Å². The molecule has 4 bridgehead atoms. The van der Waals surface area contributed by atoms with E-state index in [2.05, 4.69) is 39.8 Å². The highest BCUT2D eigenvalue weighted by atomic mass is 32.1. The van der Waals surface area contributed by atoms with Crippen molar-refractivity contribution < 1.29 is 24.0 Å². The van der Waals surface area contributed by atoms with Crippen LogP contribution in [-0.4, -0.2) is 82.0 Å². The molecule has 12 nitrogen and oxygen atoms in total. The molecule has 2 aromatic heterocycles. The van der Waals surface area contributed by atoms with E-state index in [4.69, 9.17) is 0 Å². The quantitative estimate of drug-likeness (QED) is 0.306. The van der Waals surface area contributed by atoms with Gasteiger partial charge in [-0.1, -0.05) is 44.2 Å². The number of nitrogens with zero attached hydrogens (tertiary/aromatic N) is 4. The van der Waals surface area contributed by atoms with Crippen LogP contribution in [0.15, 0.2) is 41.1 Å². The van der Waals surface area contributed by atoms with E-state index in [1.54, 1.807) is 15.7 Å². The molecule has 0 unspecified atom stereocenters. The van der Waals surface area contributed by atoms with Gasteiger partial charge in [-0.15, -0.1) is 22.7 Å².